The first-order valence-electron chi connectivity index (χ1n) is 9.03. The van der Waals surface area contributed by atoms with Gasteiger partial charge in [0, 0.05) is 24.2 Å². The number of nitrogens with zero attached hydrogens (tertiary/aromatic N) is 1. The van der Waals surface area contributed by atoms with E-state index in [2.05, 4.69) is 10.6 Å². The van der Waals surface area contributed by atoms with Gasteiger partial charge in [0.15, 0.2) is 0 Å². The Bertz CT molecular complexity index is 923. The zero-order valence-corrected chi connectivity index (χ0v) is 15.7. The molecule has 4 rings (SSSR count). The van der Waals surface area contributed by atoms with E-state index in [9.17, 15) is 14.0 Å². The molecule has 0 unspecified atom stereocenters. The molecule has 6 nitrogen and oxygen atoms in total. The van der Waals surface area contributed by atoms with Crippen LogP contribution in [0.2, 0.25) is 5.02 Å². The lowest BCUT2D eigenvalue weighted by Crippen LogP contribution is -2.31. The number of hydrogen-bond acceptors (Lipinski definition) is 3. The first-order valence-corrected chi connectivity index (χ1v) is 9.40. The van der Waals surface area contributed by atoms with Crippen LogP contribution in [0.25, 0.3) is 0 Å². The van der Waals surface area contributed by atoms with Crippen molar-refractivity contribution < 1.29 is 18.7 Å². The fraction of sp³-hybridized carbons (Fsp3) is 0.300. The monoisotopic (exact) mass is 403 g/mol. The Labute approximate surface area is 166 Å². The second-order valence-corrected chi connectivity index (χ2v) is 7.36. The summed E-state index contributed by atoms with van der Waals surface area (Å²) in [6.07, 6.45) is 0.431. The van der Waals surface area contributed by atoms with Crippen LogP contribution in [0.5, 0.6) is 0 Å². The molecule has 2 aromatic rings. The highest BCUT2D eigenvalue weighted by Crippen LogP contribution is 2.41. The summed E-state index contributed by atoms with van der Waals surface area (Å²) in [7, 11) is 0. The normalized spacial score (nSPS) is 20.6. The van der Waals surface area contributed by atoms with Crippen LogP contribution >= 0.6 is 11.6 Å². The van der Waals surface area contributed by atoms with E-state index in [-0.39, 0.29) is 29.1 Å². The molecule has 2 aliphatic rings. The van der Waals surface area contributed by atoms with E-state index >= 15 is 0 Å². The second kappa shape index (κ2) is 7.67. The van der Waals surface area contributed by atoms with E-state index < -0.39 is 5.82 Å². The molecular weight excluding hydrogens is 385 g/mol. The summed E-state index contributed by atoms with van der Waals surface area (Å²) in [4.78, 5) is 25.4. The predicted octanol–water partition coefficient (Wildman–Crippen LogP) is 4.11. The lowest BCUT2D eigenvalue weighted by atomic mass is 10.1. The molecule has 0 aromatic heterocycles. The summed E-state index contributed by atoms with van der Waals surface area (Å²) in [5, 5.41) is 5.79. The first kappa shape index (κ1) is 18.6. The van der Waals surface area contributed by atoms with Gasteiger partial charge in [0.25, 0.3) is 0 Å². The van der Waals surface area contributed by atoms with E-state index in [1.807, 2.05) is 18.2 Å². The fourth-order valence-electron chi connectivity index (χ4n) is 3.34. The third kappa shape index (κ3) is 4.20. The van der Waals surface area contributed by atoms with Gasteiger partial charge in [0.1, 0.15) is 12.4 Å². The predicted molar refractivity (Wildman–Crippen MR) is 103 cm³/mol. The summed E-state index contributed by atoms with van der Waals surface area (Å²) in [6.45, 7) is 1.40. The van der Waals surface area contributed by atoms with Gasteiger partial charge >= 0.3 is 12.1 Å². The maximum Gasteiger partial charge on any atom is 0.410 e. The molecule has 0 spiro atoms. The molecule has 1 aliphatic carbocycles. The summed E-state index contributed by atoms with van der Waals surface area (Å²) in [5.41, 5.74) is 2.36. The molecule has 2 fully saturated rings. The second-order valence-electron chi connectivity index (χ2n) is 6.96. The van der Waals surface area contributed by atoms with Crippen molar-refractivity contribution in [3.63, 3.8) is 0 Å². The van der Waals surface area contributed by atoms with Crippen molar-refractivity contribution in [3.8, 4) is 0 Å². The summed E-state index contributed by atoms with van der Waals surface area (Å²) >= 11 is 5.71. The molecule has 1 saturated heterocycles. The Morgan fingerprint density at radius 1 is 1.29 bits per heavy atom. The molecule has 1 saturated carbocycles. The number of hydrogen-bond donors (Lipinski definition) is 2. The van der Waals surface area contributed by atoms with Crippen LogP contribution in [0.4, 0.5) is 19.7 Å². The minimum absolute atomic E-state index is 0.0388. The lowest BCUT2D eigenvalue weighted by molar-refractivity contribution is 0.157. The van der Waals surface area contributed by atoms with Crippen molar-refractivity contribution in [3.05, 3.63) is 64.4 Å². The Hall–Kier alpha value is -2.80. The van der Waals surface area contributed by atoms with E-state index in [0.717, 1.165) is 17.5 Å². The summed E-state index contributed by atoms with van der Waals surface area (Å²) < 4.78 is 18.5. The third-order valence-corrected chi connectivity index (χ3v) is 5.19. The van der Waals surface area contributed by atoms with Crippen molar-refractivity contribution >= 4 is 29.4 Å². The molecule has 28 heavy (non-hydrogen) atoms. The van der Waals surface area contributed by atoms with E-state index in [4.69, 9.17) is 16.3 Å². The van der Waals surface area contributed by atoms with Gasteiger partial charge in [-0.25, -0.2) is 14.0 Å². The number of carbonyl (C=O) groups excluding carboxylic acids is 2. The summed E-state index contributed by atoms with van der Waals surface area (Å²) in [5.74, 6) is -0.363. The van der Waals surface area contributed by atoms with Crippen LogP contribution in [0, 0.1) is 5.82 Å². The number of ether oxygens (including phenoxy) is 1. The Morgan fingerprint density at radius 3 is 2.89 bits per heavy atom. The van der Waals surface area contributed by atoms with Crippen LogP contribution in [0.15, 0.2) is 42.5 Å². The lowest BCUT2D eigenvalue weighted by Gasteiger charge is -2.14. The highest BCUT2D eigenvalue weighted by atomic mass is 35.5. The molecular formula is C20H19ClFN3O3. The average Bonchev–Trinajstić information content (AvgIpc) is 3.30. The van der Waals surface area contributed by atoms with Gasteiger partial charge in [-0.05, 0) is 41.8 Å². The van der Waals surface area contributed by atoms with Crippen molar-refractivity contribution in [2.75, 3.05) is 18.5 Å². The van der Waals surface area contributed by atoms with Crippen LogP contribution in [0.3, 0.4) is 0 Å². The standard InChI is InChI=1S/C20H19ClFN3O3/c21-16-5-4-13(9-17(16)22)15-10-18(15)24-19(26)23-14-3-1-2-12(8-14)11-25-6-7-28-20(25)27/h1-5,8-9,15,18H,6-7,10-11H2,(H2,23,24,26)/t15-,18+/m0/s1. The molecule has 1 aliphatic heterocycles. The third-order valence-electron chi connectivity index (χ3n) is 4.88. The van der Waals surface area contributed by atoms with Crippen molar-refractivity contribution in [2.24, 2.45) is 0 Å². The van der Waals surface area contributed by atoms with Crippen LogP contribution in [-0.2, 0) is 11.3 Å². The van der Waals surface area contributed by atoms with E-state index in [1.165, 1.54) is 12.1 Å². The zero-order valence-electron chi connectivity index (χ0n) is 15.0. The van der Waals surface area contributed by atoms with Gasteiger partial charge in [-0.3, -0.25) is 0 Å². The van der Waals surface area contributed by atoms with Gasteiger partial charge in [-0.1, -0.05) is 29.8 Å². The number of benzene rings is 2. The van der Waals surface area contributed by atoms with Gasteiger partial charge in [-0.2, -0.15) is 0 Å². The van der Waals surface area contributed by atoms with Crippen LogP contribution in [0.1, 0.15) is 23.5 Å². The smallest absolute Gasteiger partial charge is 0.410 e. The Balaban J connectivity index is 1.31. The number of halogens is 2. The average molecular weight is 404 g/mol. The maximum absolute atomic E-state index is 13.6. The molecule has 8 heteroatoms. The fourth-order valence-corrected chi connectivity index (χ4v) is 3.46. The molecule has 2 N–H and O–H groups in total. The molecule has 2 aromatic carbocycles. The van der Waals surface area contributed by atoms with E-state index in [0.29, 0.717) is 25.4 Å². The van der Waals surface area contributed by atoms with Crippen molar-refractivity contribution in [1.29, 1.82) is 0 Å². The summed E-state index contributed by atoms with van der Waals surface area (Å²) in [6, 6.07) is 11.7. The minimum atomic E-state index is -0.451. The van der Waals surface area contributed by atoms with Crippen molar-refractivity contribution in [1.82, 2.24) is 10.2 Å². The highest BCUT2D eigenvalue weighted by Gasteiger charge is 2.39. The first-order chi connectivity index (χ1) is 13.5. The van der Waals surface area contributed by atoms with Gasteiger partial charge < -0.3 is 20.3 Å². The number of amides is 3. The number of urea groups is 1. The van der Waals surface area contributed by atoms with Crippen molar-refractivity contribution in [2.45, 2.75) is 24.9 Å². The van der Waals surface area contributed by atoms with Gasteiger partial charge in [-0.15, -0.1) is 0 Å². The zero-order chi connectivity index (χ0) is 19.7. The topological polar surface area (TPSA) is 70.7 Å². The van der Waals surface area contributed by atoms with Gasteiger partial charge in [0.05, 0.1) is 11.6 Å². The number of rotatable bonds is 5. The largest absolute Gasteiger partial charge is 0.448 e. The van der Waals surface area contributed by atoms with Crippen LogP contribution in [-0.4, -0.2) is 36.2 Å². The molecule has 1 heterocycles. The molecule has 3 amide bonds. The number of carbonyl (C=O) groups is 2. The molecule has 2 atom stereocenters. The quantitative estimate of drug-likeness (QED) is 0.789. The Morgan fingerprint density at radius 2 is 2.14 bits per heavy atom. The minimum Gasteiger partial charge on any atom is -0.448 e. The molecule has 0 bridgehead atoms. The Kier molecular flexibility index (Phi) is 5.09. The highest BCUT2D eigenvalue weighted by molar-refractivity contribution is 6.30. The molecule has 0 radical (unpaired) electrons. The number of nitrogens with one attached hydrogen (secondary N) is 2. The number of anilines is 1. The molecule has 146 valence electrons. The number of cyclic esters (lactones) is 1. The van der Waals surface area contributed by atoms with Gasteiger partial charge in [0.2, 0.25) is 0 Å². The van der Waals surface area contributed by atoms with Crippen LogP contribution < -0.4 is 10.6 Å². The van der Waals surface area contributed by atoms with E-state index in [1.54, 1.807) is 17.0 Å². The maximum atomic E-state index is 13.6. The SMILES string of the molecule is O=C(Nc1cccc(CN2CCOC2=O)c1)N[C@@H]1C[C@H]1c1ccc(Cl)c(F)c1.